The van der Waals surface area contributed by atoms with Gasteiger partial charge in [-0.2, -0.15) is 0 Å². The Kier molecular flexibility index (Phi) is 3.64. The van der Waals surface area contributed by atoms with Crippen molar-refractivity contribution in [2.24, 2.45) is 0 Å². The minimum Gasteiger partial charge on any atom is -0.327 e. The molecule has 0 atom stereocenters. The van der Waals surface area contributed by atoms with E-state index in [1.54, 1.807) is 6.07 Å². The van der Waals surface area contributed by atoms with Gasteiger partial charge >= 0.3 is 0 Å². The van der Waals surface area contributed by atoms with Gasteiger partial charge in [0.2, 0.25) is 0 Å². The fourth-order valence-electron chi connectivity index (χ4n) is 1.82. The van der Waals surface area contributed by atoms with Crippen LogP contribution in [0.3, 0.4) is 0 Å². The highest BCUT2D eigenvalue weighted by Crippen LogP contribution is 2.24. The summed E-state index contributed by atoms with van der Waals surface area (Å²) in [5.74, 6) is 0.880. The molecule has 2 nitrogen and oxygen atoms in total. The van der Waals surface area contributed by atoms with Gasteiger partial charge in [0.15, 0.2) is 0 Å². The standard InChI is InChI=1S/C14H15ClN2/c1-3-17(12-7-4-6-11(2)10-12)14-9-5-8-13(15)16-14/h4-10H,3H2,1-2H3. The normalized spacial score (nSPS) is 10.3. The van der Waals surface area contributed by atoms with Gasteiger partial charge in [-0.3, -0.25) is 0 Å². The first-order chi connectivity index (χ1) is 8.20. The molecule has 17 heavy (non-hydrogen) atoms. The van der Waals surface area contributed by atoms with Crippen LogP contribution in [0.1, 0.15) is 12.5 Å². The van der Waals surface area contributed by atoms with Crippen molar-refractivity contribution in [1.29, 1.82) is 0 Å². The lowest BCUT2D eigenvalue weighted by Gasteiger charge is -2.22. The Morgan fingerprint density at radius 1 is 1.18 bits per heavy atom. The van der Waals surface area contributed by atoms with Gasteiger partial charge in [-0.05, 0) is 43.7 Å². The van der Waals surface area contributed by atoms with E-state index < -0.39 is 0 Å². The Labute approximate surface area is 107 Å². The summed E-state index contributed by atoms with van der Waals surface area (Å²) in [4.78, 5) is 6.48. The number of anilines is 2. The van der Waals surface area contributed by atoms with Crippen LogP contribution in [0, 0.1) is 6.92 Å². The number of halogens is 1. The first kappa shape index (κ1) is 11.9. The minimum absolute atomic E-state index is 0.522. The Morgan fingerprint density at radius 3 is 2.59 bits per heavy atom. The van der Waals surface area contributed by atoms with Crippen LogP contribution in [0.25, 0.3) is 0 Å². The summed E-state index contributed by atoms with van der Waals surface area (Å²) >= 11 is 5.93. The minimum atomic E-state index is 0.522. The number of hydrogen-bond acceptors (Lipinski definition) is 2. The van der Waals surface area contributed by atoms with E-state index in [1.165, 1.54) is 5.56 Å². The highest BCUT2D eigenvalue weighted by atomic mass is 35.5. The maximum Gasteiger partial charge on any atom is 0.134 e. The molecule has 1 heterocycles. The average Bonchev–Trinajstić information content (AvgIpc) is 2.30. The molecule has 0 aliphatic heterocycles. The topological polar surface area (TPSA) is 16.1 Å². The van der Waals surface area contributed by atoms with Gasteiger partial charge in [-0.1, -0.05) is 29.8 Å². The highest BCUT2D eigenvalue weighted by Gasteiger charge is 2.08. The molecular weight excluding hydrogens is 232 g/mol. The van der Waals surface area contributed by atoms with Gasteiger partial charge in [0.25, 0.3) is 0 Å². The molecule has 0 amide bonds. The highest BCUT2D eigenvalue weighted by molar-refractivity contribution is 6.29. The molecule has 1 aromatic carbocycles. The summed E-state index contributed by atoms with van der Waals surface area (Å²) in [6.45, 7) is 5.05. The Bertz CT molecular complexity index is 466. The zero-order valence-corrected chi connectivity index (χ0v) is 10.8. The van der Waals surface area contributed by atoms with Crippen molar-refractivity contribution >= 4 is 23.1 Å². The fraction of sp³-hybridized carbons (Fsp3) is 0.214. The van der Waals surface area contributed by atoms with Crippen molar-refractivity contribution in [3.8, 4) is 0 Å². The Balaban J connectivity index is 2.40. The van der Waals surface area contributed by atoms with Crippen LogP contribution in [-0.2, 0) is 0 Å². The molecule has 0 aliphatic rings. The number of nitrogens with zero attached hydrogens (tertiary/aromatic N) is 2. The second kappa shape index (κ2) is 5.19. The lowest BCUT2D eigenvalue weighted by Crippen LogP contribution is -2.17. The molecule has 2 aromatic rings. The fourth-order valence-corrected chi connectivity index (χ4v) is 1.98. The summed E-state index contributed by atoms with van der Waals surface area (Å²) in [6.07, 6.45) is 0. The smallest absolute Gasteiger partial charge is 0.134 e. The van der Waals surface area contributed by atoms with E-state index in [0.717, 1.165) is 18.1 Å². The van der Waals surface area contributed by atoms with Gasteiger partial charge in [0, 0.05) is 12.2 Å². The van der Waals surface area contributed by atoms with Crippen LogP contribution in [-0.4, -0.2) is 11.5 Å². The predicted octanol–water partition coefficient (Wildman–Crippen LogP) is 4.20. The summed E-state index contributed by atoms with van der Waals surface area (Å²) in [5.41, 5.74) is 2.38. The summed E-state index contributed by atoms with van der Waals surface area (Å²) in [5, 5.41) is 0.522. The third kappa shape index (κ3) is 2.77. The average molecular weight is 247 g/mol. The first-order valence-electron chi connectivity index (χ1n) is 5.67. The van der Waals surface area contributed by atoms with Crippen molar-refractivity contribution in [3.05, 3.63) is 53.2 Å². The van der Waals surface area contributed by atoms with Crippen molar-refractivity contribution < 1.29 is 0 Å². The number of pyridine rings is 1. The van der Waals surface area contributed by atoms with Crippen LogP contribution in [0.2, 0.25) is 5.15 Å². The molecule has 0 saturated heterocycles. The second-order valence-corrected chi connectivity index (χ2v) is 4.29. The summed E-state index contributed by atoms with van der Waals surface area (Å²) in [6, 6.07) is 14.0. The molecule has 0 fully saturated rings. The molecule has 1 aromatic heterocycles. The van der Waals surface area contributed by atoms with Crippen molar-refractivity contribution in [2.45, 2.75) is 13.8 Å². The molecule has 0 spiro atoms. The Morgan fingerprint density at radius 2 is 1.94 bits per heavy atom. The molecule has 88 valence electrons. The van der Waals surface area contributed by atoms with Crippen LogP contribution in [0.4, 0.5) is 11.5 Å². The second-order valence-electron chi connectivity index (χ2n) is 3.90. The third-order valence-electron chi connectivity index (χ3n) is 2.61. The van der Waals surface area contributed by atoms with Crippen LogP contribution >= 0.6 is 11.6 Å². The zero-order valence-electron chi connectivity index (χ0n) is 10.0. The maximum absolute atomic E-state index is 5.93. The van der Waals surface area contributed by atoms with Crippen molar-refractivity contribution in [2.75, 3.05) is 11.4 Å². The van der Waals surface area contributed by atoms with E-state index in [2.05, 4.69) is 48.0 Å². The zero-order chi connectivity index (χ0) is 12.3. The van der Waals surface area contributed by atoms with Crippen LogP contribution < -0.4 is 4.90 Å². The van der Waals surface area contributed by atoms with Crippen LogP contribution in [0.15, 0.2) is 42.5 Å². The Hall–Kier alpha value is -1.54. The quantitative estimate of drug-likeness (QED) is 0.755. The van der Waals surface area contributed by atoms with Crippen LogP contribution in [0.5, 0.6) is 0 Å². The number of rotatable bonds is 3. The molecule has 0 N–H and O–H groups in total. The van der Waals surface area contributed by atoms with E-state index >= 15 is 0 Å². The van der Waals surface area contributed by atoms with E-state index in [9.17, 15) is 0 Å². The lowest BCUT2D eigenvalue weighted by molar-refractivity contribution is 0.989. The van der Waals surface area contributed by atoms with Crippen molar-refractivity contribution in [1.82, 2.24) is 4.98 Å². The molecule has 3 heteroatoms. The van der Waals surface area contributed by atoms with Crippen molar-refractivity contribution in [3.63, 3.8) is 0 Å². The van der Waals surface area contributed by atoms with Gasteiger partial charge in [-0.25, -0.2) is 4.98 Å². The van der Waals surface area contributed by atoms with Gasteiger partial charge in [0.05, 0.1) is 0 Å². The lowest BCUT2D eigenvalue weighted by atomic mass is 10.2. The molecule has 2 rings (SSSR count). The first-order valence-corrected chi connectivity index (χ1v) is 6.05. The van der Waals surface area contributed by atoms with Gasteiger partial charge in [-0.15, -0.1) is 0 Å². The molecule has 0 saturated carbocycles. The monoisotopic (exact) mass is 246 g/mol. The summed E-state index contributed by atoms with van der Waals surface area (Å²) in [7, 11) is 0. The maximum atomic E-state index is 5.93. The SMILES string of the molecule is CCN(c1cccc(C)c1)c1cccc(Cl)n1. The number of aryl methyl sites for hydroxylation is 1. The number of aromatic nitrogens is 1. The van der Waals surface area contributed by atoms with Gasteiger partial charge < -0.3 is 4.90 Å². The molecule has 0 bridgehead atoms. The van der Waals surface area contributed by atoms with E-state index in [1.807, 2.05) is 12.1 Å². The third-order valence-corrected chi connectivity index (χ3v) is 2.82. The molecule has 0 unspecified atom stereocenters. The number of benzene rings is 1. The largest absolute Gasteiger partial charge is 0.327 e. The molecule has 0 aliphatic carbocycles. The van der Waals surface area contributed by atoms with E-state index in [0.29, 0.717) is 5.15 Å². The van der Waals surface area contributed by atoms with E-state index in [-0.39, 0.29) is 0 Å². The molecule has 0 radical (unpaired) electrons. The molecular formula is C14H15ClN2. The van der Waals surface area contributed by atoms with Gasteiger partial charge in [0.1, 0.15) is 11.0 Å². The number of hydrogen-bond donors (Lipinski definition) is 0. The summed E-state index contributed by atoms with van der Waals surface area (Å²) < 4.78 is 0. The predicted molar refractivity (Wildman–Crippen MR) is 73.1 cm³/mol. The van der Waals surface area contributed by atoms with E-state index in [4.69, 9.17) is 11.6 Å².